The first-order valence-corrected chi connectivity index (χ1v) is 8.94. The molecule has 20 heavy (non-hydrogen) atoms. The number of aromatic amines is 1. The predicted octanol–water partition coefficient (Wildman–Crippen LogP) is 3.68. The fourth-order valence-corrected chi connectivity index (χ4v) is 7.51. The van der Waals surface area contributed by atoms with Crippen molar-refractivity contribution in [1.82, 2.24) is 4.98 Å². The van der Waals surface area contributed by atoms with Gasteiger partial charge in [0, 0.05) is 5.25 Å². The van der Waals surface area contributed by atoms with Crippen molar-refractivity contribution >= 4 is 23.1 Å². The normalized spacial score (nSPS) is 37.9. The standard InChI is InChI=1S/C15H15NO2S2/c17-15-16-14-13(20-15)11(9-2-1-5-18-9)10-7-3-4-8(6-7)12(10)19-14/h1-2,5,7-8,10-12H,3-4,6H2,(H,16,17)/t7-,8+,10+,11-,12+/m1/s1. The number of aromatic nitrogens is 1. The zero-order chi connectivity index (χ0) is 13.3. The van der Waals surface area contributed by atoms with E-state index in [4.69, 9.17) is 4.42 Å². The van der Waals surface area contributed by atoms with Crippen molar-refractivity contribution in [3.8, 4) is 0 Å². The van der Waals surface area contributed by atoms with Crippen LogP contribution in [0.2, 0.25) is 0 Å². The maximum atomic E-state index is 11.8. The van der Waals surface area contributed by atoms with Gasteiger partial charge < -0.3 is 9.40 Å². The minimum absolute atomic E-state index is 0.0753. The van der Waals surface area contributed by atoms with E-state index in [0.29, 0.717) is 17.1 Å². The SMILES string of the molecule is O=c1[nH]c2c(s1)[C@H](c1ccco1)[C@@H]1[C@@H]3CC[C@@H](C3)[C@@H]1S2. The van der Waals surface area contributed by atoms with Crippen LogP contribution in [-0.2, 0) is 0 Å². The number of hydrogen-bond acceptors (Lipinski definition) is 4. The summed E-state index contributed by atoms with van der Waals surface area (Å²) >= 11 is 3.31. The average Bonchev–Trinajstić information content (AvgIpc) is 3.19. The van der Waals surface area contributed by atoms with Crippen molar-refractivity contribution < 1.29 is 4.42 Å². The predicted molar refractivity (Wildman–Crippen MR) is 79.5 cm³/mol. The van der Waals surface area contributed by atoms with E-state index in [1.807, 2.05) is 17.8 Å². The van der Waals surface area contributed by atoms with Gasteiger partial charge in [-0.1, -0.05) is 11.3 Å². The topological polar surface area (TPSA) is 46.0 Å². The molecule has 2 saturated carbocycles. The number of furan rings is 1. The van der Waals surface area contributed by atoms with Crippen molar-refractivity contribution in [3.05, 3.63) is 38.7 Å². The van der Waals surface area contributed by atoms with E-state index in [9.17, 15) is 4.79 Å². The molecule has 2 aliphatic carbocycles. The molecule has 2 fully saturated rings. The number of thioether (sulfide) groups is 1. The molecule has 3 heterocycles. The van der Waals surface area contributed by atoms with Gasteiger partial charge in [-0.05, 0) is 49.1 Å². The first kappa shape index (κ1) is 11.7. The molecule has 3 nitrogen and oxygen atoms in total. The summed E-state index contributed by atoms with van der Waals surface area (Å²) in [7, 11) is 0. The van der Waals surface area contributed by atoms with Gasteiger partial charge in [-0.15, -0.1) is 11.8 Å². The Bertz CT molecular complexity index is 702. The number of rotatable bonds is 1. The zero-order valence-electron chi connectivity index (χ0n) is 10.9. The molecule has 0 amide bonds. The van der Waals surface area contributed by atoms with E-state index in [2.05, 4.69) is 11.1 Å². The van der Waals surface area contributed by atoms with E-state index < -0.39 is 0 Å². The summed E-state index contributed by atoms with van der Waals surface area (Å²) in [5, 5.41) is 1.77. The number of thiazole rings is 1. The number of H-pyrrole nitrogens is 1. The number of hydrogen-bond donors (Lipinski definition) is 1. The van der Waals surface area contributed by atoms with Crippen LogP contribution in [0, 0.1) is 17.8 Å². The molecular formula is C15H15NO2S2. The molecule has 5 atom stereocenters. The first-order valence-electron chi connectivity index (χ1n) is 7.24. The minimum atomic E-state index is 0.0753. The van der Waals surface area contributed by atoms with E-state index in [0.717, 1.165) is 22.6 Å². The van der Waals surface area contributed by atoms with E-state index in [1.165, 1.54) is 35.5 Å². The fraction of sp³-hybridized carbons (Fsp3) is 0.533. The molecule has 2 aromatic heterocycles. The highest BCUT2D eigenvalue weighted by atomic mass is 32.2. The summed E-state index contributed by atoms with van der Waals surface area (Å²) in [6.45, 7) is 0. The highest BCUT2D eigenvalue weighted by Crippen LogP contribution is 2.63. The Balaban J connectivity index is 1.71. The van der Waals surface area contributed by atoms with Crippen molar-refractivity contribution in [1.29, 1.82) is 0 Å². The van der Waals surface area contributed by atoms with E-state index in [1.54, 1.807) is 6.26 Å². The van der Waals surface area contributed by atoms with Gasteiger partial charge in [-0.2, -0.15) is 0 Å². The van der Waals surface area contributed by atoms with Crippen LogP contribution in [0.15, 0.2) is 32.6 Å². The Morgan fingerprint density at radius 2 is 2.20 bits per heavy atom. The monoisotopic (exact) mass is 305 g/mol. The molecule has 0 unspecified atom stereocenters. The Labute approximate surface area is 124 Å². The molecule has 0 spiro atoms. The summed E-state index contributed by atoms with van der Waals surface area (Å²) in [5.41, 5.74) is 0. The Morgan fingerprint density at radius 3 is 3.05 bits per heavy atom. The lowest BCUT2D eigenvalue weighted by Crippen LogP contribution is -2.33. The van der Waals surface area contributed by atoms with Gasteiger partial charge in [0.15, 0.2) is 0 Å². The molecule has 3 aliphatic rings. The van der Waals surface area contributed by atoms with Crippen molar-refractivity contribution in [2.45, 2.75) is 35.5 Å². The molecule has 1 aliphatic heterocycles. The molecule has 2 bridgehead atoms. The van der Waals surface area contributed by atoms with Crippen LogP contribution in [0.25, 0.3) is 0 Å². The molecule has 2 aromatic rings. The second-order valence-corrected chi connectivity index (χ2v) is 8.40. The third-order valence-electron chi connectivity index (χ3n) is 5.32. The van der Waals surface area contributed by atoms with Gasteiger partial charge >= 0.3 is 4.87 Å². The van der Waals surface area contributed by atoms with Gasteiger partial charge in [-0.3, -0.25) is 4.79 Å². The average molecular weight is 305 g/mol. The lowest BCUT2D eigenvalue weighted by atomic mass is 9.77. The number of fused-ring (bicyclic) bond motifs is 6. The Kier molecular flexibility index (Phi) is 2.36. The zero-order valence-corrected chi connectivity index (χ0v) is 12.5. The molecule has 0 saturated heterocycles. The Hall–Kier alpha value is -0.940. The lowest BCUT2D eigenvalue weighted by molar-refractivity contribution is 0.283. The minimum Gasteiger partial charge on any atom is -0.469 e. The quantitative estimate of drug-likeness (QED) is 0.874. The van der Waals surface area contributed by atoms with Gasteiger partial charge in [0.2, 0.25) is 0 Å². The third-order valence-corrected chi connectivity index (χ3v) is 7.94. The maximum Gasteiger partial charge on any atom is 0.305 e. The lowest BCUT2D eigenvalue weighted by Gasteiger charge is -2.38. The molecular weight excluding hydrogens is 290 g/mol. The molecule has 0 radical (unpaired) electrons. The molecule has 0 aromatic carbocycles. The van der Waals surface area contributed by atoms with Crippen LogP contribution >= 0.6 is 23.1 Å². The fourth-order valence-electron chi connectivity index (χ4n) is 4.64. The number of nitrogens with one attached hydrogen (secondary N) is 1. The van der Waals surface area contributed by atoms with Crippen molar-refractivity contribution in [2.24, 2.45) is 17.8 Å². The highest BCUT2D eigenvalue weighted by molar-refractivity contribution is 8.00. The van der Waals surface area contributed by atoms with E-state index in [-0.39, 0.29) is 4.87 Å². The summed E-state index contributed by atoms with van der Waals surface area (Å²) in [4.78, 5) is 16.1. The van der Waals surface area contributed by atoms with Crippen LogP contribution in [0.1, 0.15) is 35.8 Å². The van der Waals surface area contributed by atoms with Crippen LogP contribution in [0.3, 0.4) is 0 Å². The second kappa shape index (κ2) is 4.04. The Morgan fingerprint density at radius 1 is 1.30 bits per heavy atom. The first-order chi connectivity index (χ1) is 9.81. The van der Waals surface area contributed by atoms with Gasteiger partial charge in [0.05, 0.1) is 22.1 Å². The molecule has 5 rings (SSSR count). The molecule has 5 heteroatoms. The maximum absolute atomic E-state index is 11.8. The van der Waals surface area contributed by atoms with Crippen LogP contribution in [0.5, 0.6) is 0 Å². The third kappa shape index (κ3) is 1.45. The summed E-state index contributed by atoms with van der Waals surface area (Å²) in [6.07, 6.45) is 5.86. The van der Waals surface area contributed by atoms with Crippen LogP contribution in [0.4, 0.5) is 0 Å². The van der Waals surface area contributed by atoms with Gasteiger partial charge in [-0.25, -0.2) is 0 Å². The smallest absolute Gasteiger partial charge is 0.305 e. The second-order valence-electron chi connectivity index (χ2n) is 6.19. The van der Waals surface area contributed by atoms with Crippen LogP contribution in [-0.4, -0.2) is 10.2 Å². The molecule has 104 valence electrons. The molecule has 1 N–H and O–H groups in total. The largest absolute Gasteiger partial charge is 0.469 e. The summed E-state index contributed by atoms with van der Waals surface area (Å²) in [6, 6.07) is 4.05. The van der Waals surface area contributed by atoms with Crippen LogP contribution < -0.4 is 4.87 Å². The van der Waals surface area contributed by atoms with Gasteiger partial charge in [0.25, 0.3) is 0 Å². The summed E-state index contributed by atoms with van der Waals surface area (Å²) < 4.78 is 5.74. The van der Waals surface area contributed by atoms with Crippen molar-refractivity contribution in [2.75, 3.05) is 0 Å². The van der Waals surface area contributed by atoms with Crippen molar-refractivity contribution in [3.63, 3.8) is 0 Å². The highest BCUT2D eigenvalue weighted by Gasteiger charge is 2.55. The summed E-state index contributed by atoms with van der Waals surface area (Å²) in [5.74, 6) is 3.65. The van der Waals surface area contributed by atoms with E-state index >= 15 is 0 Å². The van der Waals surface area contributed by atoms with Gasteiger partial charge in [0.1, 0.15) is 5.76 Å².